The minimum absolute atomic E-state index is 0.322. The van der Waals surface area contributed by atoms with Crippen molar-refractivity contribution < 1.29 is 15.3 Å². The zero-order valence-corrected chi connectivity index (χ0v) is 17.6. The molecule has 0 amide bonds. The van der Waals surface area contributed by atoms with Crippen LogP contribution in [0.25, 0.3) is 0 Å². The summed E-state index contributed by atoms with van der Waals surface area (Å²) in [6, 6.07) is 12.8. The Kier molecular flexibility index (Phi) is 6.74. The van der Waals surface area contributed by atoms with Gasteiger partial charge >= 0.3 is 0 Å². The normalized spacial score (nSPS) is 10.4. The van der Waals surface area contributed by atoms with Crippen molar-refractivity contribution in [3.63, 3.8) is 0 Å². The molecule has 0 heterocycles. The molecule has 0 aromatic heterocycles. The Bertz CT molecular complexity index is 912. The van der Waals surface area contributed by atoms with Gasteiger partial charge in [-0.1, -0.05) is 30.3 Å². The van der Waals surface area contributed by atoms with Crippen LogP contribution < -0.4 is 0 Å². The fourth-order valence-corrected chi connectivity index (χ4v) is 3.30. The molecule has 148 valence electrons. The Labute approximate surface area is 167 Å². The number of phenolic OH excluding ortho intramolecular Hbond substituents is 3. The molecule has 0 spiro atoms. The monoisotopic (exact) mass is 378 g/mol. The molecular formula is C25H30O3. The first-order valence-corrected chi connectivity index (χ1v) is 9.44. The molecule has 28 heavy (non-hydrogen) atoms. The van der Waals surface area contributed by atoms with E-state index in [4.69, 9.17) is 5.11 Å². The highest BCUT2D eigenvalue weighted by Crippen LogP contribution is 2.32. The summed E-state index contributed by atoms with van der Waals surface area (Å²) in [5.41, 5.74) is 8.48. The number of aromatic hydroxyl groups is 3. The van der Waals surface area contributed by atoms with Crippen molar-refractivity contribution >= 4 is 0 Å². The second-order valence-corrected chi connectivity index (χ2v) is 7.41. The lowest BCUT2D eigenvalue weighted by atomic mass is 9.90. The summed E-state index contributed by atoms with van der Waals surface area (Å²) in [5.74, 6) is 1.11. The largest absolute Gasteiger partial charge is 0.508 e. The first kappa shape index (κ1) is 21.4. The predicted molar refractivity (Wildman–Crippen MR) is 116 cm³/mol. The molecule has 0 aliphatic rings. The van der Waals surface area contributed by atoms with Crippen molar-refractivity contribution in [2.24, 2.45) is 0 Å². The van der Waals surface area contributed by atoms with Crippen molar-refractivity contribution in [1.82, 2.24) is 0 Å². The van der Waals surface area contributed by atoms with Crippen LogP contribution >= 0.6 is 0 Å². The lowest BCUT2D eigenvalue weighted by Crippen LogP contribution is -2.00. The molecule has 0 bridgehead atoms. The van der Waals surface area contributed by atoms with Crippen molar-refractivity contribution in [3.8, 4) is 17.2 Å². The third kappa shape index (κ3) is 4.66. The van der Waals surface area contributed by atoms with E-state index in [1.54, 1.807) is 24.3 Å². The van der Waals surface area contributed by atoms with Crippen molar-refractivity contribution in [2.45, 2.75) is 48.0 Å². The summed E-state index contributed by atoms with van der Waals surface area (Å²) in [7, 11) is 0. The lowest BCUT2D eigenvalue weighted by molar-refractivity contribution is 0.466. The maximum Gasteiger partial charge on any atom is 0.121 e. The van der Waals surface area contributed by atoms with Gasteiger partial charge in [0.1, 0.15) is 17.2 Å². The summed E-state index contributed by atoms with van der Waals surface area (Å²) >= 11 is 0. The topological polar surface area (TPSA) is 60.7 Å². The first-order valence-electron chi connectivity index (χ1n) is 9.44. The third-order valence-electron chi connectivity index (χ3n) is 5.46. The molecule has 0 aliphatic heterocycles. The molecule has 3 aromatic rings. The maximum absolute atomic E-state index is 10.0. The highest BCUT2D eigenvalue weighted by molar-refractivity contribution is 5.53. The van der Waals surface area contributed by atoms with Crippen molar-refractivity contribution in [1.29, 1.82) is 0 Å². The molecule has 0 saturated heterocycles. The summed E-state index contributed by atoms with van der Waals surface area (Å²) in [6.45, 7) is 11.9. The Balaban J connectivity index is 0.000000336. The quantitative estimate of drug-likeness (QED) is 0.518. The second-order valence-electron chi connectivity index (χ2n) is 7.41. The molecule has 3 nitrogen and oxygen atoms in total. The van der Waals surface area contributed by atoms with Gasteiger partial charge in [0.15, 0.2) is 0 Å². The maximum atomic E-state index is 10.0. The van der Waals surface area contributed by atoms with E-state index in [0.717, 1.165) is 39.8 Å². The van der Waals surface area contributed by atoms with Gasteiger partial charge in [0.05, 0.1) is 0 Å². The van der Waals surface area contributed by atoms with Gasteiger partial charge in [-0.25, -0.2) is 0 Å². The highest BCUT2D eigenvalue weighted by Gasteiger charge is 2.13. The van der Waals surface area contributed by atoms with Crippen LogP contribution in [0.15, 0.2) is 42.5 Å². The number of benzene rings is 3. The van der Waals surface area contributed by atoms with E-state index in [-0.39, 0.29) is 0 Å². The van der Waals surface area contributed by atoms with Crippen LogP contribution in [0.3, 0.4) is 0 Å². The van der Waals surface area contributed by atoms with Crippen LogP contribution in [0.2, 0.25) is 0 Å². The molecule has 0 radical (unpaired) electrons. The highest BCUT2D eigenvalue weighted by atomic mass is 16.3. The van der Waals surface area contributed by atoms with E-state index in [9.17, 15) is 10.2 Å². The van der Waals surface area contributed by atoms with Crippen LogP contribution in [-0.2, 0) is 6.42 Å². The Morgan fingerprint density at radius 2 is 0.964 bits per heavy atom. The van der Waals surface area contributed by atoms with Gasteiger partial charge in [-0.2, -0.15) is 0 Å². The third-order valence-corrected chi connectivity index (χ3v) is 5.46. The van der Waals surface area contributed by atoms with Gasteiger partial charge in [0, 0.05) is 0 Å². The van der Waals surface area contributed by atoms with Crippen LogP contribution in [0.1, 0.15) is 44.5 Å². The average Bonchev–Trinajstić information content (AvgIpc) is 2.68. The zero-order chi connectivity index (χ0) is 21.0. The molecule has 3 rings (SSSR count). The van der Waals surface area contributed by atoms with Gasteiger partial charge < -0.3 is 15.3 Å². The van der Waals surface area contributed by atoms with Gasteiger partial charge in [-0.15, -0.1) is 0 Å². The molecule has 3 aromatic carbocycles. The number of rotatable bonds is 2. The van der Waals surface area contributed by atoms with E-state index < -0.39 is 0 Å². The molecule has 0 unspecified atom stereocenters. The number of hydrogen-bond acceptors (Lipinski definition) is 3. The summed E-state index contributed by atoms with van der Waals surface area (Å²) in [4.78, 5) is 0. The molecule has 3 heteroatoms. The average molecular weight is 379 g/mol. The van der Waals surface area contributed by atoms with Crippen LogP contribution in [0.5, 0.6) is 17.2 Å². The smallest absolute Gasteiger partial charge is 0.121 e. The Morgan fingerprint density at radius 1 is 0.571 bits per heavy atom. The number of para-hydroxylation sites is 1. The lowest BCUT2D eigenvalue weighted by Gasteiger charge is -2.17. The summed E-state index contributed by atoms with van der Waals surface area (Å²) in [5, 5.41) is 28.7. The molecule has 0 saturated carbocycles. The SMILES string of the molecule is Cc1cc(Cc2cc(C)c(O)c(C)c2C)c(C)c(C)c1O.Oc1ccccc1. The molecular weight excluding hydrogens is 348 g/mol. The van der Waals surface area contributed by atoms with E-state index in [1.807, 2.05) is 33.8 Å². The number of phenols is 3. The molecule has 3 N–H and O–H groups in total. The van der Waals surface area contributed by atoms with E-state index >= 15 is 0 Å². The zero-order valence-electron chi connectivity index (χ0n) is 17.6. The predicted octanol–water partition coefficient (Wildman–Crippen LogP) is 5.93. The van der Waals surface area contributed by atoms with E-state index in [0.29, 0.717) is 17.2 Å². The number of aryl methyl sites for hydroxylation is 2. The second kappa shape index (κ2) is 8.83. The fourth-order valence-electron chi connectivity index (χ4n) is 3.30. The Hall–Kier alpha value is -2.94. The molecule has 0 atom stereocenters. The standard InChI is InChI=1S/C19H24O2.C6H6O/c1-10-7-16(12(3)14(5)18(10)20)9-17-8-11(2)19(21)15(6)13(17)4;7-6-4-2-1-3-5-6/h7-8,20-21H,9H2,1-6H3;1-5,7H. The van der Waals surface area contributed by atoms with Gasteiger partial charge in [0.2, 0.25) is 0 Å². The molecule has 0 fully saturated rings. The van der Waals surface area contributed by atoms with Crippen LogP contribution in [-0.4, -0.2) is 15.3 Å². The summed E-state index contributed by atoms with van der Waals surface area (Å²) in [6.07, 6.45) is 0.821. The van der Waals surface area contributed by atoms with Crippen molar-refractivity contribution in [3.05, 3.63) is 87.0 Å². The minimum atomic E-state index is 0.322. The van der Waals surface area contributed by atoms with Gasteiger partial charge in [-0.3, -0.25) is 0 Å². The first-order chi connectivity index (χ1) is 13.1. The van der Waals surface area contributed by atoms with Crippen molar-refractivity contribution in [2.75, 3.05) is 0 Å². The van der Waals surface area contributed by atoms with E-state index in [1.165, 1.54) is 11.1 Å². The van der Waals surface area contributed by atoms with Gasteiger partial charge in [-0.05, 0) is 105 Å². The van der Waals surface area contributed by atoms with Crippen LogP contribution in [0, 0.1) is 41.5 Å². The minimum Gasteiger partial charge on any atom is -0.508 e. The van der Waals surface area contributed by atoms with Gasteiger partial charge in [0.25, 0.3) is 0 Å². The summed E-state index contributed by atoms with van der Waals surface area (Å²) < 4.78 is 0. The van der Waals surface area contributed by atoms with E-state index in [2.05, 4.69) is 26.0 Å². The van der Waals surface area contributed by atoms with Crippen LogP contribution in [0.4, 0.5) is 0 Å². The fraction of sp³-hybridized carbons (Fsp3) is 0.280. The number of hydrogen-bond donors (Lipinski definition) is 3. The molecule has 0 aliphatic carbocycles. The Morgan fingerprint density at radius 3 is 1.29 bits per heavy atom.